The van der Waals surface area contributed by atoms with E-state index in [-0.39, 0.29) is 38.5 Å². The Bertz CT molecular complexity index is 1080. The minimum Gasteiger partial charge on any atom is -0.369 e. The second-order valence-corrected chi connectivity index (χ2v) is 10.9. The van der Waals surface area contributed by atoms with Gasteiger partial charge in [0.15, 0.2) is 5.65 Å². The van der Waals surface area contributed by atoms with Gasteiger partial charge in [0.2, 0.25) is 0 Å². The van der Waals surface area contributed by atoms with Crippen molar-refractivity contribution in [2.24, 2.45) is 5.92 Å². The Morgan fingerprint density at radius 2 is 1.84 bits per heavy atom. The van der Waals surface area contributed by atoms with Crippen LogP contribution in [0.3, 0.4) is 0 Å². The Morgan fingerprint density at radius 1 is 1.16 bits per heavy atom. The number of fused-ring (bicyclic) bond motifs is 1. The Morgan fingerprint density at radius 3 is 2.47 bits per heavy atom. The third-order valence-corrected chi connectivity index (χ3v) is 8.26. The van der Waals surface area contributed by atoms with E-state index in [1.807, 2.05) is 19.1 Å². The maximum atomic E-state index is 13.0. The zero-order valence-corrected chi connectivity index (χ0v) is 19.2. The summed E-state index contributed by atoms with van der Waals surface area (Å²) in [5.74, 6) is -1.30. The molecule has 1 saturated carbocycles. The summed E-state index contributed by atoms with van der Waals surface area (Å²) in [5, 5.41) is 4.68. The summed E-state index contributed by atoms with van der Waals surface area (Å²) < 4.78 is 74.3. The van der Waals surface area contributed by atoms with Crippen molar-refractivity contribution in [1.82, 2.24) is 23.2 Å². The summed E-state index contributed by atoms with van der Waals surface area (Å²) in [6.07, 6.45) is -3.62. The van der Waals surface area contributed by atoms with Crippen LogP contribution < -0.4 is 0 Å². The molecule has 0 spiro atoms. The quantitative estimate of drug-likeness (QED) is 0.679. The average molecular weight is 476 g/mol. The van der Waals surface area contributed by atoms with E-state index in [9.17, 15) is 21.6 Å². The molecule has 8 nitrogen and oxygen atoms in total. The predicted octanol–water partition coefficient (Wildman–Crippen LogP) is 3.05. The van der Waals surface area contributed by atoms with Gasteiger partial charge in [-0.15, -0.1) is 0 Å². The zero-order valence-electron chi connectivity index (χ0n) is 18.3. The molecule has 1 aliphatic heterocycles. The van der Waals surface area contributed by atoms with Gasteiger partial charge in [-0.2, -0.15) is 35.3 Å². The number of aromatic nitrogens is 3. The van der Waals surface area contributed by atoms with Crippen molar-refractivity contribution in [2.75, 3.05) is 33.8 Å². The van der Waals surface area contributed by atoms with E-state index in [1.54, 1.807) is 4.52 Å². The van der Waals surface area contributed by atoms with E-state index >= 15 is 0 Å². The summed E-state index contributed by atoms with van der Waals surface area (Å²) in [6.45, 7) is 2.49. The van der Waals surface area contributed by atoms with Gasteiger partial charge in [-0.05, 0) is 38.7 Å². The average Bonchev–Trinajstić information content (AvgIpc) is 3.16. The standard InChI is InChI=1S/C20H28F3N5O3S/c1-13-10-17(18-12-27(8-9-31-18)32(29,30)26(2)3)28-19(24-13)11-16(25-28)14-4-6-15(7-5-14)20(21,22)23/h10-11,14-15,18H,4-9,12H2,1-3H3/t14-,15-,18-/m1/s1. The number of hydrogen-bond donors (Lipinski definition) is 0. The van der Waals surface area contributed by atoms with Gasteiger partial charge in [0.05, 0.1) is 23.9 Å². The molecule has 0 radical (unpaired) electrons. The number of rotatable bonds is 4. The van der Waals surface area contributed by atoms with Crippen LogP contribution in [0.5, 0.6) is 0 Å². The number of hydrogen-bond acceptors (Lipinski definition) is 5. The molecule has 2 aromatic rings. The normalized spacial score (nSPS) is 26.2. The first kappa shape index (κ1) is 23.4. The van der Waals surface area contributed by atoms with Crippen LogP contribution in [0.4, 0.5) is 13.2 Å². The number of halogens is 3. The molecule has 0 amide bonds. The van der Waals surface area contributed by atoms with Crippen molar-refractivity contribution in [3.05, 3.63) is 29.2 Å². The first-order chi connectivity index (χ1) is 15.0. The lowest BCUT2D eigenvalue weighted by Crippen LogP contribution is -2.47. The molecular weight excluding hydrogens is 447 g/mol. The molecule has 0 bridgehead atoms. The monoisotopic (exact) mass is 475 g/mol. The van der Waals surface area contributed by atoms with Crippen molar-refractivity contribution < 1.29 is 26.3 Å². The maximum Gasteiger partial charge on any atom is 0.391 e. The van der Waals surface area contributed by atoms with Gasteiger partial charge in [-0.3, -0.25) is 0 Å². The van der Waals surface area contributed by atoms with E-state index in [1.165, 1.54) is 22.7 Å². The second-order valence-electron chi connectivity index (χ2n) is 8.76. The molecule has 4 rings (SSSR count). The van der Waals surface area contributed by atoms with E-state index in [4.69, 9.17) is 4.74 Å². The molecule has 1 aliphatic carbocycles. The Hall–Kier alpha value is -1.76. The smallest absolute Gasteiger partial charge is 0.369 e. The lowest BCUT2D eigenvalue weighted by atomic mass is 9.80. The number of morpholine rings is 1. The summed E-state index contributed by atoms with van der Waals surface area (Å²) in [7, 11) is -0.608. The van der Waals surface area contributed by atoms with Crippen LogP contribution >= 0.6 is 0 Å². The van der Waals surface area contributed by atoms with E-state index in [2.05, 4.69) is 10.1 Å². The molecule has 0 aromatic carbocycles. The third kappa shape index (κ3) is 4.50. The molecule has 1 saturated heterocycles. The lowest BCUT2D eigenvalue weighted by molar-refractivity contribution is -0.182. The van der Waals surface area contributed by atoms with Gasteiger partial charge in [0.25, 0.3) is 10.2 Å². The highest BCUT2D eigenvalue weighted by molar-refractivity contribution is 7.86. The summed E-state index contributed by atoms with van der Waals surface area (Å²) >= 11 is 0. The fourth-order valence-electron chi connectivity index (χ4n) is 4.54. The minimum absolute atomic E-state index is 0.0543. The molecule has 32 heavy (non-hydrogen) atoms. The van der Waals surface area contributed by atoms with Crippen LogP contribution in [0.1, 0.15) is 54.8 Å². The van der Waals surface area contributed by atoms with E-state index in [0.717, 1.165) is 11.4 Å². The summed E-state index contributed by atoms with van der Waals surface area (Å²) in [4.78, 5) is 4.52. The SMILES string of the molecule is Cc1cc([C@H]2CN(S(=O)(=O)N(C)C)CCO2)n2nc([C@H]3CC[C@H](C(F)(F)F)CC3)cc2n1. The first-order valence-corrected chi connectivity index (χ1v) is 12.1. The van der Waals surface area contributed by atoms with Crippen molar-refractivity contribution >= 4 is 15.9 Å². The number of alkyl halides is 3. The fourth-order valence-corrected chi connectivity index (χ4v) is 5.63. The minimum atomic E-state index is -4.15. The van der Waals surface area contributed by atoms with Gasteiger partial charge in [0, 0.05) is 44.9 Å². The third-order valence-electron chi connectivity index (χ3n) is 6.36. The highest BCUT2D eigenvalue weighted by atomic mass is 32.2. The number of aryl methyl sites for hydroxylation is 1. The lowest BCUT2D eigenvalue weighted by Gasteiger charge is -2.33. The van der Waals surface area contributed by atoms with Crippen LogP contribution in [-0.4, -0.2) is 71.6 Å². The van der Waals surface area contributed by atoms with Crippen LogP contribution in [0.2, 0.25) is 0 Å². The van der Waals surface area contributed by atoms with E-state index < -0.39 is 28.4 Å². The molecule has 178 valence electrons. The highest BCUT2D eigenvalue weighted by Crippen LogP contribution is 2.42. The summed E-state index contributed by atoms with van der Waals surface area (Å²) in [5.41, 5.74) is 2.72. The molecule has 0 unspecified atom stereocenters. The summed E-state index contributed by atoms with van der Waals surface area (Å²) in [6, 6.07) is 3.65. The molecule has 0 N–H and O–H groups in total. The molecule has 12 heteroatoms. The second kappa shape index (κ2) is 8.54. The van der Waals surface area contributed by atoms with Gasteiger partial charge in [-0.1, -0.05) is 0 Å². The van der Waals surface area contributed by atoms with Crippen molar-refractivity contribution in [3.8, 4) is 0 Å². The Kier molecular flexibility index (Phi) is 6.25. The zero-order chi connectivity index (χ0) is 23.3. The Balaban J connectivity index is 1.60. The van der Waals surface area contributed by atoms with Gasteiger partial charge >= 0.3 is 6.18 Å². The maximum absolute atomic E-state index is 13.0. The fraction of sp³-hybridized carbons (Fsp3) is 0.700. The predicted molar refractivity (Wildman–Crippen MR) is 111 cm³/mol. The van der Waals surface area contributed by atoms with Crippen LogP contribution in [0.25, 0.3) is 5.65 Å². The highest BCUT2D eigenvalue weighted by Gasteiger charge is 2.42. The van der Waals surface area contributed by atoms with Gasteiger partial charge in [0.1, 0.15) is 6.10 Å². The van der Waals surface area contributed by atoms with Crippen LogP contribution in [0, 0.1) is 12.8 Å². The molecule has 1 atom stereocenters. The number of nitrogens with zero attached hydrogens (tertiary/aromatic N) is 5. The Labute approximate surface area is 185 Å². The van der Waals surface area contributed by atoms with Gasteiger partial charge < -0.3 is 4.74 Å². The van der Waals surface area contributed by atoms with Crippen molar-refractivity contribution in [2.45, 2.75) is 50.8 Å². The molecule has 2 aliphatic rings. The molecule has 2 fully saturated rings. The van der Waals surface area contributed by atoms with Crippen molar-refractivity contribution in [3.63, 3.8) is 0 Å². The van der Waals surface area contributed by atoms with Crippen LogP contribution in [-0.2, 0) is 14.9 Å². The molecular formula is C20H28F3N5O3S. The van der Waals surface area contributed by atoms with Crippen molar-refractivity contribution in [1.29, 1.82) is 0 Å². The number of ether oxygens (including phenoxy) is 1. The largest absolute Gasteiger partial charge is 0.391 e. The first-order valence-electron chi connectivity index (χ1n) is 10.7. The molecule has 2 aromatic heterocycles. The van der Waals surface area contributed by atoms with Crippen LogP contribution in [0.15, 0.2) is 12.1 Å². The van der Waals surface area contributed by atoms with Gasteiger partial charge in [-0.25, -0.2) is 9.50 Å². The topological polar surface area (TPSA) is 80.0 Å². The van der Waals surface area contributed by atoms with E-state index in [0.29, 0.717) is 24.2 Å². The molecule has 3 heterocycles.